The van der Waals surface area contributed by atoms with Crippen LogP contribution in [0.2, 0.25) is 0 Å². The summed E-state index contributed by atoms with van der Waals surface area (Å²) in [6, 6.07) is 0. The molecule has 1 N–H and O–H groups in total. The summed E-state index contributed by atoms with van der Waals surface area (Å²) in [4.78, 5) is 0. The van der Waals surface area contributed by atoms with Gasteiger partial charge < -0.3 is 14.6 Å². The van der Waals surface area contributed by atoms with Crippen LogP contribution in [-0.2, 0) is 9.47 Å². The van der Waals surface area contributed by atoms with Gasteiger partial charge in [0.05, 0.1) is 18.8 Å². The van der Waals surface area contributed by atoms with Gasteiger partial charge in [0.25, 0.3) is 0 Å². The number of ether oxygens (including phenoxy) is 2. The van der Waals surface area contributed by atoms with Crippen LogP contribution >= 0.6 is 0 Å². The molecule has 82 valence electrons. The van der Waals surface area contributed by atoms with Gasteiger partial charge in [0.2, 0.25) is 0 Å². The van der Waals surface area contributed by atoms with E-state index in [0.717, 1.165) is 26.1 Å². The number of hydrogen-bond acceptors (Lipinski definition) is 3. The van der Waals surface area contributed by atoms with Crippen LogP contribution in [-0.4, -0.2) is 37.1 Å². The monoisotopic (exact) mass is 200 g/mol. The first-order valence-corrected chi connectivity index (χ1v) is 5.44. The van der Waals surface area contributed by atoms with E-state index >= 15 is 0 Å². The predicted octanol–water partition coefficient (Wildman–Crippen LogP) is 1.20. The minimum absolute atomic E-state index is 0.0171. The standard InChI is InChI=1S/C11H20O3/c1-10(2,12)11(7-14-8-11)9-3-5-13-6-4-9/h9,12H,3-8H2,1-2H3. The Bertz CT molecular complexity index is 197. The van der Waals surface area contributed by atoms with Crippen LogP contribution < -0.4 is 0 Å². The van der Waals surface area contributed by atoms with Crippen molar-refractivity contribution in [1.82, 2.24) is 0 Å². The summed E-state index contributed by atoms with van der Waals surface area (Å²) in [5.74, 6) is 0.560. The fourth-order valence-electron chi connectivity index (χ4n) is 2.66. The minimum Gasteiger partial charge on any atom is -0.390 e. The molecule has 0 aromatic rings. The van der Waals surface area contributed by atoms with Gasteiger partial charge in [0, 0.05) is 18.6 Å². The first kappa shape index (κ1) is 10.4. The zero-order valence-corrected chi connectivity index (χ0v) is 9.08. The molecule has 0 unspecified atom stereocenters. The summed E-state index contributed by atoms with van der Waals surface area (Å²) in [6.45, 7) is 6.91. The molecule has 14 heavy (non-hydrogen) atoms. The third kappa shape index (κ3) is 1.47. The lowest BCUT2D eigenvalue weighted by molar-refractivity contribution is -0.245. The molecule has 2 fully saturated rings. The minimum atomic E-state index is -0.632. The maximum atomic E-state index is 10.2. The average Bonchev–Trinajstić information content (AvgIpc) is 2.01. The van der Waals surface area contributed by atoms with E-state index in [4.69, 9.17) is 9.47 Å². The molecular weight excluding hydrogens is 180 g/mol. The van der Waals surface area contributed by atoms with Crippen molar-refractivity contribution in [1.29, 1.82) is 0 Å². The van der Waals surface area contributed by atoms with Gasteiger partial charge in [0.15, 0.2) is 0 Å². The fraction of sp³-hybridized carbons (Fsp3) is 1.00. The van der Waals surface area contributed by atoms with Crippen molar-refractivity contribution in [3.05, 3.63) is 0 Å². The van der Waals surface area contributed by atoms with Crippen LogP contribution in [0.25, 0.3) is 0 Å². The lowest BCUT2D eigenvalue weighted by Crippen LogP contribution is -2.62. The molecule has 2 aliphatic heterocycles. The van der Waals surface area contributed by atoms with Gasteiger partial charge in [-0.15, -0.1) is 0 Å². The first-order valence-electron chi connectivity index (χ1n) is 5.44. The van der Waals surface area contributed by atoms with Crippen LogP contribution in [0.3, 0.4) is 0 Å². The van der Waals surface area contributed by atoms with Crippen LogP contribution in [0, 0.1) is 11.3 Å². The molecule has 0 aromatic carbocycles. The fourth-order valence-corrected chi connectivity index (χ4v) is 2.66. The molecule has 2 aliphatic rings. The quantitative estimate of drug-likeness (QED) is 0.728. The summed E-state index contributed by atoms with van der Waals surface area (Å²) in [5.41, 5.74) is -0.649. The van der Waals surface area contributed by atoms with Crippen molar-refractivity contribution >= 4 is 0 Å². The Labute approximate surface area is 85.4 Å². The summed E-state index contributed by atoms with van der Waals surface area (Å²) in [7, 11) is 0. The van der Waals surface area contributed by atoms with E-state index < -0.39 is 5.60 Å². The Balaban J connectivity index is 2.11. The number of rotatable bonds is 2. The van der Waals surface area contributed by atoms with E-state index in [2.05, 4.69) is 0 Å². The Morgan fingerprint density at radius 1 is 1.14 bits per heavy atom. The Morgan fingerprint density at radius 2 is 1.71 bits per heavy atom. The van der Waals surface area contributed by atoms with E-state index in [-0.39, 0.29) is 5.41 Å². The third-order valence-electron chi connectivity index (χ3n) is 3.94. The SMILES string of the molecule is CC(C)(O)C1(C2CCOCC2)COC1. The van der Waals surface area contributed by atoms with Crippen molar-refractivity contribution in [2.24, 2.45) is 11.3 Å². The third-order valence-corrected chi connectivity index (χ3v) is 3.94. The molecule has 3 heteroatoms. The van der Waals surface area contributed by atoms with E-state index in [9.17, 15) is 5.11 Å². The molecule has 0 aromatic heterocycles. The molecule has 0 aliphatic carbocycles. The second-order valence-corrected chi connectivity index (χ2v) is 5.09. The molecule has 0 amide bonds. The molecule has 0 radical (unpaired) electrons. The maximum Gasteiger partial charge on any atom is 0.0694 e. The van der Waals surface area contributed by atoms with Crippen LogP contribution in [0.5, 0.6) is 0 Å². The van der Waals surface area contributed by atoms with Gasteiger partial charge in [-0.3, -0.25) is 0 Å². The van der Waals surface area contributed by atoms with Gasteiger partial charge >= 0.3 is 0 Å². The summed E-state index contributed by atoms with van der Waals surface area (Å²) in [5, 5.41) is 10.2. The van der Waals surface area contributed by atoms with E-state index in [1.165, 1.54) is 0 Å². The molecule has 2 rings (SSSR count). The zero-order valence-electron chi connectivity index (χ0n) is 9.08. The second-order valence-electron chi connectivity index (χ2n) is 5.09. The molecular formula is C11H20O3. The number of aliphatic hydroxyl groups is 1. The average molecular weight is 200 g/mol. The van der Waals surface area contributed by atoms with Crippen molar-refractivity contribution in [2.45, 2.75) is 32.3 Å². The van der Waals surface area contributed by atoms with Crippen LogP contribution in [0.4, 0.5) is 0 Å². The normalized spacial score (nSPS) is 28.5. The highest BCUT2D eigenvalue weighted by molar-refractivity contribution is 5.02. The van der Waals surface area contributed by atoms with Crippen LogP contribution in [0.1, 0.15) is 26.7 Å². The van der Waals surface area contributed by atoms with Gasteiger partial charge in [0.1, 0.15) is 0 Å². The number of hydrogen-bond donors (Lipinski definition) is 1. The molecule has 0 atom stereocenters. The molecule has 0 bridgehead atoms. The van der Waals surface area contributed by atoms with Gasteiger partial charge in [-0.2, -0.15) is 0 Å². The second kappa shape index (κ2) is 3.47. The highest BCUT2D eigenvalue weighted by Crippen LogP contribution is 2.48. The Kier molecular flexibility index (Phi) is 2.58. The largest absolute Gasteiger partial charge is 0.390 e. The molecule has 0 saturated carbocycles. The summed E-state index contributed by atoms with van der Waals surface area (Å²) in [6.07, 6.45) is 2.13. The van der Waals surface area contributed by atoms with Gasteiger partial charge in [-0.25, -0.2) is 0 Å². The first-order chi connectivity index (χ1) is 6.56. The van der Waals surface area contributed by atoms with Crippen LogP contribution in [0.15, 0.2) is 0 Å². The lowest BCUT2D eigenvalue weighted by Gasteiger charge is -2.55. The van der Waals surface area contributed by atoms with Crippen molar-refractivity contribution in [3.63, 3.8) is 0 Å². The summed E-state index contributed by atoms with van der Waals surface area (Å²) < 4.78 is 10.7. The topological polar surface area (TPSA) is 38.7 Å². The van der Waals surface area contributed by atoms with Gasteiger partial charge in [-0.05, 0) is 32.6 Å². The van der Waals surface area contributed by atoms with E-state index in [1.54, 1.807) is 0 Å². The Morgan fingerprint density at radius 3 is 2.07 bits per heavy atom. The smallest absolute Gasteiger partial charge is 0.0694 e. The predicted molar refractivity (Wildman–Crippen MR) is 53.1 cm³/mol. The van der Waals surface area contributed by atoms with E-state index in [0.29, 0.717) is 19.1 Å². The molecule has 2 heterocycles. The zero-order chi connectivity index (χ0) is 10.2. The van der Waals surface area contributed by atoms with Crippen molar-refractivity contribution < 1.29 is 14.6 Å². The molecule has 0 spiro atoms. The van der Waals surface area contributed by atoms with Gasteiger partial charge in [-0.1, -0.05) is 0 Å². The summed E-state index contributed by atoms with van der Waals surface area (Å²) >= 11 is 0. The molecule has 3 nitrogen and oxygen atoms in total. The lowest BCUT2D eigenvalue weighted by atomic mass is 9.61. The van der Waals surface area contributed by atoms with Crippen molar-refractivity contribution in [2.75, 3.05) is 26.4 Å². The highest BCUT2D eigenvalue weighted by Gasteiger charge is 2.55. The molecule has 2 saturated heterocycles. The van der Waals surface area contributed by atoms with Crippen molar-refractivity contribution in [3.8, 4) is 0 Å². The maximum absolute atomic E-state index is 10.2. The van der Waals surface area contributed by atoms with E-state index in [1.807, 2.05) is 13.8 Å². The Hall–Kier alpha value is -0.120. The highest BCUT2D eigenvalue weighted by atomic mass is 16.5.